The van der Waals surface area contributed by atoms with Crippen LogP contribution in [0.1, 0.15) is 42.1 Å². The molecule has 0 saturated carbocycles. The van der Waals surface area contributed by atoms with Crippen LogP contribution in [0.25, 0.3) is 0 Å². The highest BCUT2D eigenvalue weighted by atomic mass is 32.1. The van der Waals surface area contributed by atoms with Crippen molar-refractivity contribution < 1.29 is 9.53 Å². The zero-order valence-corrected chi connectivity index (χ0v) is 18.5. The van der Waals surface area contributed by atoms with Gasteiger partial charge in [-0.15, -0.1) is 0 Å². The molecule has 4 heterocycles. The minimum atomic E-state index is -0.256. The summed E-state index contributed by atoms with van der Waals surface area (Å²) < 4.78 is 5.96. The molecule has 3 aliphatic heterocycles. The first-order chi connectivity index (χ1) is 14.5. The standard InChI is InChI=1S/C22H29N5O2S/c1-22(2)14-16-19(20(28)25-22)30-21(24-16)27-11-12-29-18-13-15(5-6-17(18)27)23-7-10-26-8-3-4-9-26/h5-6,13,23H,3-4,7-12,14H2,1-2H3,(H,25,28). The molecule has 8 heteroatoms. The lowest BCUT2D eigenvalue weighted by molar-refractivity contribution is 0.0901. The van der Waals surface area contributed by atoms with E-state index in [0.29, 0.717) is 6.61 Å². The molecule has 0 aliphatic carbocycles. The predicted octanol–water partition coefficient (Wildman–Crippen LogP) is 3.25. The average Bonchev–Trinajstić information content (AvgIpc) is 3.36. The SMILES string of the molecule is CC1(C)Cc2nc(N3CCOc4cc(NCCN5CCCC5)ccc43)sc2C(=O)N1. The normalized spacial score (nSPS) is 20.3. The highest BCUT2D eigenvalue weighted by Crippen LogP contribution is 2.41. The number of benzene rings is 1. The third-order valence-corrected chi connectivity index (χ3v) is 7.08. The van der Waals surface area contributed by atoms with E-state index in [2.05, 4.69) is 38.6 Å². The molecule has 30 heavy (non-hydrogen) atoms. The number of carbonyl (C=O) groups is 1. The van der Waals surface area contributed by atoms with E-state index in [0.717, 1.165) is 58.9 Å². The molecule has 3 aliphatic rings. The Morgan fingerprint density at radius 3 is 2.93 bits per heavy atom. The number of anilines is 3. The number of hydrogen-bond donors (Lipinski definition) is 2. The Bertz CT molecular complexity index is 951. The number of amides is 1. The monoisotopic (exact) mass is 427 g/mol. The van der Waals surface area contributed by atoms with Gasteiger partial charge in [0.25, 0.3) is 5.91 Å². The summed E-state index contributed by atoms with van der Waals surface area (Å²) in [5.41, 5.74) is 2.73. The second-order valence-electron chi connectivity index (χ2n) is 8.95. The minimum Gasteiger partial charge on any atom is -0.489 e. The molecular weight excluding hydrogens is 398 g/mol. The van der Waals surface area contributed by atoms with Crippen LogP contribution in [0, 0.1) is 0 Å². The Hall–Kier alpha value is -2.32. The first-order valence-electron chi connectivity index (χ1n) is 10.8. The number of aromatic nitrogens is 1. The molecule has 7 nitrogen and oxygen atoms in total. The van der Waals surface area contributed by atoms with Gasteiger partial charge in [0.1, 0.15) is 17.2 Å². The fourth-order valence-corrected chi connectivity index (χ4v) is 5.49. The van der Waals surface area contributed by atoms with Gasteiger partial charge in [0, 0.05) is 36.8 Å². The van der Waals surface area contributed by atoms with Crippen LogP contribution in [0.15, 0.2) is 18.2 Å². The summed E-state index contributed by atoms with van der Waals surface area (Å²) in [6.07, 6.45) is 3.39. The fourth-order valence-electron chi connectivity index (χ4n) is 4.47. The molecule has 0 atom stereocenters. The zero-order chi connectivity index (χ0) is 20.7. The fraction of sp³-hybridized carbons (Fsp3) is 0.545. The van der Waals surface area contributed by atoms with Crippen molar-refractivity contribution in [1.29, 1.82) is 0 Å². The van der Waals surface area contributed by atoms with E-state index < -0.39 is 0 Å². The first-order valence-corrected chi connectivity index (χ1v) is 11.6. The third-order valence-electron chi connectivity index (χ3n) is 5.96. The van der Waals surface area contributed by atoms with Crippen LogP contribution in [0.4, 0.5) is 16.5 Å². The summed E-state index contributed by atoms with van der Waals surface area (Å²) in [5, 5.41) is 7.46. The highest BCUT2D eigenvalue weighted by molar-refractivity contribution is 7.17. The highest BCUT2D eigenvalue weighted by Gasteiger charge is 2.34. The zero-order valence-electron chi connectivity index (χ0n) is 17.7. The molecule has 1 aromatic carbocycles. The predicted molar refractivity (Wildman–Crippen MR) is 120 cm³/mol. The summed E-state index contributed by atoms with van der Waals surface area (Å²) in [7, 11) is 0. The van der Waals surface area contributed by atoms with Crippen molar-refractivity contribution in [3.63, 3.8) is 0 Å². The minimum absolute atomic E-state index is 0.0176. The van der Waals surface area contributed by atoms with Crippen molar-refractivity contribution in [2.24, 2.45) is 0 Å². The molecule has 2 N–H and O–H groups in total. The van der Waals surface area contributed by atoms with Gasteiger partial charge in [-0.3, -0.25) is 4.79 Å². The van der Waals surface area contributed by atoms with Crippen molar-refractivity contribution in [1.82, 2.24) is 15.2 Å². The average molecular weight is 428 g/mol. The first kappa shape index (κ1) is 19.6. The molecule has 160 valence electrons. The van der Waals surface area contributed by atoms with Crippen LogP contribution in [-0.2, 0) is 6.42 Å². The third kappa shape index (κ3) is 3.86. The van der Waals surface area contributed by atoms with Gasteiger partial charge >= 0.3 is 0 Å². The summed E-state index contributed by atoms with van der Waals surface area (Å²) >= 11 is 1.47. The van der Waals surface area contributed by atoms with E-state index in [4.69, 9.17) is 9.72 Å². The molecule has 1 fully saturated rings. The van der Waals surface area contributed by atoms with E-state index >= 15 is 0 Å². The van der Waals surface area contributed by atoms with Gasteiger partial charge in [-0.25, -0.2) is 4.98 Å². The van der Waals surface area contributed by atoms with Crippen LogP contribution in [0.5, 0.6) is 5.75 Å². The van der Waals surface area contributed by atoms with Crippen molar-refractivity contribution in [2.45, 2.75) is 38.6 Å². The second kappa shape index (κ2) is 7.74. The van der Waals surface area contributed by atoms with Gasteiger partial charge in [-0.1, -0.05) is 11.3 Å². The Balaban J connectivity index is 1.33. The molecule has 1 aromatic heterocycles. The number of nitrogens with one attached hydrogen (secondary N) is 2. The number of likely N-dealkylation sites (tertiary alicyclic amines) is 1. The molecule has 0 radical (unpaired) electrons. The van der Waals surface area contributed by atoms with Crippen LogP contribution in [0.3, 0.4) is 0 Å². The van der Waals surface area contributed by atoms with E-state index in [-0.39, 0.29) is 11.4 Å². The van der Waals surface area contributed by atoms with Crippen LogP contribution in [0.2, 0.25) is 0 Å². The Labute approximate surface area is 181 Å². The van der Waals surface area contributed by atoms with Gasteiger partial charge < -0.3 is 25.2 Å². The Kier molecular flexibility index (Phi) is 5.06. The van der Waals surface area contributed by atoms with Gasteiger partial charge in [-0.05, 0) is 51.9 Å². The maximum atomic E-state index is 12.5. The van der Waals surface area contributed by atoms with E-state index in [9.17, 15) is 4.79 Å². The summed E-state index contributed by atoms with van der Waals surface area (Å²) in [6.45, 7) is 9.86. The largest absolute Gasteiger partial charge is 0.489 e. The van der Waals surface area contributed by atoms with Gasteiger partial charge in [0.15, 0.2) is 5.13 Å². The van der Waals surface area contributed by atoms with Gasteiger partial charge in [0.2, 0.25) is 0 Å². The number of rotatable bonds is 5. The number of hydrogen-bond acceptors (Lipinski definition) is 7. The molecule has 0 bridgehead atoms. The van der Waals surface area contributed by atoms with E-state index in [1.54, 1.807) is 0 Å². The maximum Gasteiger partial charge on any atom is 0.263 e. The van der Waals surface area contributed by atoms with Gasteiger partial charge in [-0.2, -0.15) is 0 Å². The smallest absolute Gasteiger partial charge is 0.263 e. The lowest BCUT2D eigenvalue weighted by Gasteiger charge is -2.30. The van der Waals surface area contributed by atoms with Crippen molar-refractivity contribution in [2.75, 3.05) is 49.5 Å². The van der Waals surface area contributed by atoms with Crippen molar-refractivity contribution in [3.05, 3.63) is 28.8 Å². The van der Waals surface area contributed by atoms with Gasteiger partial charge in [0.05, 0.1) is 17.9 Å². The van der Waals surface area contributed by atoms with Crippen molar-refractivity contribution in [3.8, 4) is 5.75 Å². The summed E-state index contributed by atoms with van der Waals surface area (Å²) in [4.78, 5) is 22.7. The molecule has 5 rings (SSSR count). The van der Waals surface area contributed by atoms with Crippen LogP contribution in [-0.4, -0.2) is 60.7 Å². The van der Waals surface area contributed by atoms with E-state index in [1.807, 2.05) is 13.8 Å². The summed E-state index contributed by atoms with van der Waals surface area (Å²) in [6, 6.07) is 6.28. The molecule has 2 aromatic rings. The summed E-state index contributed by atoms with van der Waals surface area (Å²) in [5.74, 6) is 0.849. The number of nitrogens with zero attached hydrogens (tertiary/aromatic N) is 3. The topological polar surface area (TPSA) is 69.7 Å². The molecule has 0 spiro atoms. The molecule has 1 saturated heterocycles. The second-order valence-corrected chi connectivity index (χ2v) is 9.92. The van der Waals surface area contributed by atoms with E-state index in [1.165, 1.54) is 37.3 Å². The maximum absolute atomic E-state index is 12.5. The van der Waals surface area contributed by atoms with Crippen molar-refractivity contribution >= 4 is 33.8 Å². The number of fused-ring (bicyclic) bond motifs is 2. The lowest BCUT2D eigenvalue weighted by Crippen LogP contribution is -2.48. The lowest BCUT2D eigenvalue weighted by atomic mass is 9.94. The van der Waals surface area contributed by atoms with Crippen LogP contribution < -0.4 is 20.3 Å². The van der Waals surface area contributed by atoms with Crippen LogP contribution >= 0.6 is 11.3 Å². The molecule has 1 amide bonds. The molecule has 0 unspecified atom stereocenters. The number of carbonyl (C=O) groups excluding carboxylic acids is 1. The Morgan fingerprint density at radius 2 is 2.10 bits per heavy atom. The number of thiazole rings is 1. The Morgan fingerprint density at radius 1 is 1.27 bits per heavy atom. The number of ether oxygens (including phenoxy) is 1. The molecular formula is C22H29N5O2S. The quantitative estimate of drug-likeness (QED) is 0.764.